The molecule has 1 aliphatic rings. The SMILES string of the molecule is Cn1nc(C(=O)N2CCC(C)(O)CC2)c2ccccc21. The second-order valence-electron chi connectivity index (χ2n) is 5.78. The van der Waals surface area contributed by atoms with E-state index in [1.807, 2.05) is 38.2 Å². The van der Waals surface area contributed by atoms with Crippen LogP contribution in [0, 0.1) is 0 Å². The standard InChI is InChI=1S/C15H19N3O2/c1-15(20)7-9-18(10-8-15)14(19)13-11-5-3-4-6-12(11)17(2)16-13/h3-6,20H,7-10H2,1-2H3. The third-order valence-electron chi connectivity index (χ3n) is 4.09. The Morgan fingerprint density at radius 1 is 1.30 bits per heavy atom. The van der Waals surface area contributed by atoms with Gasteiger partial charge in [0, 0.05) is 25.5 Å². The molecule has 1 N–H and O–H groups in total. The van der Waals surface area contributed by atoms with Crippen LogP contribution < -0.4 is 0 Å². The van der Waals surface area contributed by atoms with Crippen molar-refractivity contribution >= 4 is 16.8 Å². The molecule has 1 aromatic heterocycles. The predicted molar refractivity (Wildman–Crippen MR) is 76.5 cm³/mol. The molecular formula is C15H19N3O2. The van der Waals surface area contributed by atoms with Crippen molar-refractivity contribution in [2.45, 2.75) is 25.4 Å². The molecule has 1 saturated heterocycles. The summed E-state index contributed by atoms with van der Waals surface area (Å²) in [4.78, 5) is 14.4. The monoisotopic (exact) mass is 273 g/mol. The highest BCUT2D eigenvalue weighted by Gasteiger charge is 2.31. The van der Waals surface area contributed by atoms with E-state index in [9.17, 15) is 9.90 Å². The maximum Gasteiger partial charge on any atom is 0.275 e. The van der Waals surface area contributed by atoms with Crippen molar-refractivity contribution in [3.05, 3.63) is 30.0 Å². The van der Waals surface area contributed by atoms with E-state index in [4.69, 9.17) is 0 Å². The van der Waals surface area contributed by atoms with Crippen molar-refractivity contribution in [2.24, 2.45) is 7.05 Å². The van der Waals surface area contributed by atoms with Crippen molar-refractivity contribution in [1.82, 2.24) is 14.7 Å². The molecule has 1 aromatic carbocycles. The van der Waals surface area contributed by atoms with Gasteiger partial charge >= 0.3 is 0 Å². The number of carbonyl (C=O) groups excluding carboxylic acids is 1. The minimum atomic E-state index is -0.650. The number of amides is 1. The molecule has 0 saturated carbocycles. The second kappa shape index (κ2) is 4.59. The summed E-state index contributed by atoms with van der Waals surface area (Å²) in [5, 5.41) is 15.2. The van der Waals surface area contributed by atoms with Gasteiger partial charge in [-0.05, 0) is 25.8 Å². The Bertz CT molecular complexity index is 650. The molecule has 0 aliphatic carbocycles. The fraction of sp³-hybridized carbons (Fsp3) is 0.467. The number of likely N-dealkylation sites (tertiary alicyclic amines) is 1. The highest BCUT2D eigenvalue weighted by Crippen LogP contribution is 2.24. The first-order valence-corrected chi connectivity index (χ1v) is 6.91. The minimum Gasteiger partial charge on any atom is -0.390 e. The maximum absolute atomic E-state index is 12.6. The number of benzene rings is 1. The predicted octanol–water partition coefficient (Wildman–Crippen LogP) is 1.56. The summed E-state index contributed by atoms with van der Waals surface area (Å²) < 4.78 is 1.74. The van der Waals surface area contributed by atoms with E-state index < -0.39 is 5.60 Å². The summed E-state index contributed by atoms with van der Waals surface area (Å²) in [5.41, 5.74) is 0.813. The Hall–Kier alpha value is -1.88. The molecule has 0 unspecified atom stereocenters. The Morgan fingerprint density at radius 2 is 1.95 bits per heavy atom. The number of carbonyl (C=O) groups is 1. The van der Waals surface area contributed by atoms with E-state index in [1.54, 1.807) is 9.58 Å². The van der Waals surface area contributed by atoms with Gasteiger partial charge in [-0.15, -0.1) is 0 Å². The molecule has 20 heavy (non-hydrogen) atoms. The summed E-state index contributed by atoms with van der Waals surface area (Å²) >= 11 is 0. The molecule has 3 rings (SSSR count). The molecule has 0 spiro atoms. The number of aliphatic hydroxyl groups is 1. The van der Waals surface area contributed by atoms with Gasteiger partial charge in [0.25, 0.3) is 5.91 Å². The highest BCUT2D eigenvalue weighted by atomic mass is 16.3. The summed E-state index contributed by atoms with van der Waals surface area (Å²) in [6, 6.07) is 7.74. The zero-order chi connectivity index (χ0) is 14.3. The molecule has 106 valence electrons. The van der Waals surface area contributed by atoms with Gasteiger partial charge in [0.1, 0.15) is 0 Å². The Balaban J connectivity index is 1.90. The summed E-state index contributed by atoms with van der Waals surface area (Å²) in [5.74, 6) is -0.0442. The molecule has 0 radical (unpaired) electrons. The summed E-state index contributed by atoms with van der Waals surface area (Å²) in [6.45, 7) is 2.98. The van der Waals surface area contributed by atoms with E-state index in [0.29, 0.717) is 31.6 Å². The van der Waals surface area contributed by atoms with Crippen LogP contribution in [0.3, 0.4) is 0 Å². The molecule has 0 bridgehead atoms. The lowest BCUT2D eigenvalue weighted by Crippen LogP contribution is -2.45. The van der Waals surface area contributed by atoms with Crippen LogP contribution in [-0.4, -0.2) is 44.4 Å². The van der Waals surface area contributed by atoms with Gasteiger partial charge in [-0.3, -0.25) is 9.48 Å². The number of fused-ring (bicyclic) bond motifs is 1. The van der Waals surface area contributed by atoms with E-state index in [0.717, 1.165) is 10.9 Å². The first-order chi connectivity index (χ1) is 9.48. The molecule has 2 heterocycles. The lowest BCUT2D eigenvalue weighted by Gasteiger charge is -2.35. The molecule has 5 heteroatoms. The van der Waals surface area contributed by atoms with Gasteiger partial charge in [0.05, 0.1) is 11.1 Å². The molecule has 5 nitrogen and oxygen atoms in total. The summed E-state index contributed by atoms with van der Waals surface area (Å²) in [7, 11) is 1.85. The third kappa shape index (κ3) is 2.18. The molecule has 1 aliphatic heterocycles. The number of aryl methyl sites for hydroxylation is 1. The van der Waals surface area contributed by atoms with Gasteiger partial charge in [-0.2, -0.15) is 5.10 Å². The van der Waals surface area contributed by atoms with Crippen molar-refractivity contribution in [1.29, 1.82) is 0 Å². The van der Waals surface area contributed by atoms with Gasteiger partial charge in [-0.25, -0.2) is 0 Å². The minimum absolute atomic E-state index is 0.0442. The van der Waals surface area contributed by atoms with Crippen molar-refractivity contribution in [3.8, 4) is 0 Å². The molecule has 2 aromatic rings. The third-order valence-corrected chi connectivity index (χ3v) is 4.09. The Labute approximate surface area is 117 Å². The van der Waals surface area contributed by atoms with Crippen molar-refractivity contribution in [2.75, 3.05) is 13.1 Å². The van der Waals surface area contributed by atoms with Crippen molar-refractivity contribution in [3.63, 3.8) is 0 Å². The van der Waals surface area contributed by atoms with Gasteiger partial charge in [-0.1, -0.05) is 18.2 Å². The number of para-hydroxylation sites is 1. The van der Waals surface area contributed by atoms with Gasteiger partial charge in [0.2, 0.25) is 0 Å². The molecule has 0 atom stereocenters. The Kier molecular flexibility index (Phi) is 3.01. The maximum atomic E-state index is 12.6. The quantitative estimate of drug-likeness (QED) is 0.858. The molecular weight excluding hydrogens is 254 g/mol. The first-order valence-electron chi connectivity index (χ1n) is 6.91. The van der Waals surface area contributed by atoms with Gasteiger partial charge < -0.3 is 10.0 Å². The number of rotatable bonds is 1. The number of hydrogen-bond acceptors (Lipinski definition) is 3. The van der Waals surface area contributed by atoms with E-state index in [2.05, 4.69) is 5.10 Å². The van der Waals surface area contributed by atoms with Crippen LogP contribution in [-0.2, 0) is 7.05 Å². The molecule has 1 fully saturated rings. The van der Waals surface area contributed by atoms with Crippen molar-refractivity contribution < 1.29 is 9.90 Å². The van der Waals surface area contributed by atoms with E-state index >= 15 is 0 Å². The zero-order valence-electron chi connectivity index (χ0n) is 11.8. The van der Waals surface area contributed by atoms with Crippen LogP contribution in [0.25, 0.3) is 10.9 Å². The number of hydrogen-bond donors (Lipinski definition) is 1. The average molecular weight is 273 g/mol. The largest absolute Gasteiger partial charge is 0.390 e. The first kappa shape index (κ1) is 13.1. The van der Waals surface area contributed by atoms with Crippen LogP contribution in [0.2, 0.25) is 0 Å². The Morgan fingerprint density at radius 3 is 2.65 bits per heavy atom. The smallest absolute Gasteiger partial charge is 0.275 e. The molecule has 1 amide bonds. The topological polar surface area (TPSA) is 58.4 Å². The van der Waals surface area contributed by atoms with Crippen LogP contribution in [0.1, 0.15) is 30.3 Å². The van der Waals surface area contributed by atoms with Crippen LogP contribution in [0.4, 0.5) is 0 Å². The number of nitrogens with zero attached hydrogens (tertiary/aromatic N) is 3. The van der Waals surface area contributed by atoms with Crippen LogP contribution in [0.5, 0.6) is 0 Å². The zero-order valence-corrected chi connectivity index (χ0v) is 11.8. The average Bonchev–Trinajstić information content (AvgIpc) is 2.76. The van der Waals surface area contributed by atoms with E-state index in [1.165, 1.54) is 0 Å². The lowest BCUT2D eigenvalue weighted by molar-refractivity contribution is -0.00215. The number of aromatic nitrogens is 2. The van der Waals surface area contributed by atoms with Gasteiger partial charge in [0.15, 0.2) is 5.69 Å². The second-order valence-corrected chi connectivity index (χ2v) is 5.78. The lowest BCUT2D eigenvalue weighted by atomic mass is 9.93. The van der Waals surface area contributed by atoms with E-state index in [-0.39, 0.29) is 5.91 Å². The van der Waals surface area contributed by atoms with Crippen LogP contribution >= 0.6 is 0 Å². The summed E-state index contributed by atoms with van der Waals surface area (Å²) in [6.07, 6.45) is 1.23. The van der Waals surface area contributed by atoms with Crippen LogP contribution in [0.15, 0.2) is 24.3 Å². The highest BCUT2D eigenvalue weighted by molar-refractivity contribution is 6.04. The normalized spacial score (nSPS) is 18.4. The fourth-order valence-electron chi connectivity index (χ4n) is 2.71. The number of piperidine rings is 1. The fourth-order valence-corrected chi connectivity index (χ4v) is 2.71.